The van der Waals surface area contributed by atoms with Gasteiger partial charge in [-0.2, -0.15) is 0 Å². The minimum atomic E-state index is -0.208. The fraction of sp³-hybridized carbons (Fsp3) is 0.357. The maximum atomic E-state index is 13.4. The Balaban J connectivity index is 1.75. The first-order chi connectivity index (χ1) is 9.15. The number of hydrogen-bond donors (Lipinski definition) is 1. The maximum absolute atomic E-state index is 13.4. The Hall–Kier alpha value is -1.46. The Bertz CT molecular complexity index is 527. The number of aromatic nitrogens is 1. The summed E-state index contributed by atoms with van der Waals surface area (Å²) in [5, 5.41) is 6.27. The molecule has 2 aromatic rings. The van der Waals surface area contributed by atoms with E-state index in [1.165, 1.54) is 6.07 Å². The molecular weight excluding hydrogens is 261 g/mol. The van der Waals surface area contributed by atoms with Crippen LogP contribution in [0.3, 0.4) is 0 Å². The van der Waals surface area contributed by atoms with Crippen molar-refractivity contribution in [2.45, 2.75) is 13.5 Å². The first-order valence-electron chi connectivity index (χ1n) is 6.23. The average Bonchev–Trinajstić information content (AvgIpc) is 2.77. The number of nitrogens with zero attached hydrogens (tertiary/aromatic N) is 2. The highest BCUT2D eigenvalue weighted by atomic mass is 32.1. The molecule has 0 aliphatic heterocycles. The van der Waals surface area contributed by atoms with E-state index in [1.54, 1.807) is 23.5 Å². The van der Waals surface area contributed by atoms with E-state index in [4.69, 9.17) is 0 Å². The van der Waals surface area contributed by atoms with Crippen LogP contribution in [0.4, 0.5) is 10.1 Å². The van der Waals surface area contributed by atoms with Crippen LogP contribution in [0.2, 0.25) is 0 Å². The minimum Gasteiger partial charge on any atom is -0.381 e. The van der Waals surface area contributed by atoms with Crippen molar-refractivity contribution in [3.8, 4) is 0 Å². The molecule has 5 heteroatoms. The number of likely N-dealkylation sites (N-methyl/N-ethyl adjacent to an activating group) is 1. The summed E-state index contributed by atoms with van der Waals surface area (Å²) in [6, 6.07) is 6.73. The van der Waals surface area contributed by atoms with Crippen molar-refractivity contribution in [1.29, 1.82) is 0 Å². The summed E-state index contributed by atoms with van der Waals surface area (Å²) in [6.45, 7) is 4.38. The summed E-state index contributed by atoms with van der Waals surface area (Å²) in [7, 11) is 2.04. The zero-order chi connectivity index (χ0) is 13.7. The van der Waals surface area contributed by atoms with Crippen LogP contribution in [0.5, 0.6) is 0 Å². The van der Waals surface area contributed by atoms with Gasteiger partial charge in [0.15, 0.2) is 0 Å². The predicted molar refractivity (Wildman–Crippen MR) is 78.1 cm³/mol. The van der Waals surface area contributed by atoms with Crippen LogP contribution in [0.15, 0.2) is 29.6 Å². The third-order valence-corrected chi connectivity index (χ3v) is 3.60. The zero-order valence-electron chi connectivity index (χ0n) is 11.2. The van der Waals surface area contributed by atoms with E-state index < -0.39 is 0 Å². The van der Waals surface area contributed by atoms with E-state index in [0.717, 1.165) is 23.8 Å². The molecule has 0 amide bonds. The van der Waals surface area contributed by atoms with Crippen molar-refractivity contribution in [1.82, 2.24) is 9.88 Å². The molecule has 0 bridgehead atoms. The quantitative estimate of drug-likeness (QED) is 0.880. The van der Waals surface area contributed by atoms with E-state index in [9.17, 15) is 4.39 Å². The monoisotopic (exact) mass is 279 g/mol. The second-order valence-corrected chi connectivity index (χ2v) is 5.56. The lowest BCUT2D eigenvalue weighted by Crippen LogP contribution is -2.25. The average molecular weight is 279 g/mol. The number of anilines is 1. The molecule has 0 unspecified atom stereocenters. The van der Waals surface area contributed by atoms with E-state index in [2.05, 4.69) is 20.6 Å². The van der Waals surface area contributed by atoms with E-state index >= 15 is 0 Å². The van der Waals surface area contributed by atoms with Crippen LogP contribution in [0.25, 0.3) is 0 Å². The largest absolute Gasteiger partial charge is 0.381 e. The Kier molecular flexibility index (Phi) is 4.87. The Morgan fingerprint density at radius 1 is 1.37 bits per heavy atom. The third-order valence-electron chi connectivity index (χ3n) is 2.78. The summed E-state index contributed by atoms with van der Waals surface area (Å²) in [5.74, 6) is -0.208. The predicted octanol–water partition coefficient (Wildman–Crippen LogP) is 3.13. The van der Waals surface area contributed by atoms with Crippen molar-refractivity contribution in [2.75, 3.05) is 25.5 Å². The Morgan fingerprint density at radius 2 is 2.16 bits per heavy atom. The number of hydrogen-bond acceptors (Lipinski definition) is 4. The summed E-state index contributed by atoms with van der Waals surface area (Å²) in [5.41, 5.74) is 1.65. The number of benzene rings is 1. The molecule has 0 atom stereocenters. The molecule has 102 valence electrons. The Morgan fingerprint density at radius 3 is 2.84 bits per heavy atom. The van der Waals surface area contributed by atoms with E-state index in [-0.39, 0.29) is 5.82 Å². The lowest BCUT2D eigenvalue weighted by Gasteiger charge is -2.16. The molecule has 0 saturated heterocycles. The van der Waals surface area contributed by atoms with Gasteiger partial charge in [0.25, 0.3) is 0 Å². The summed E-state index contributed by atoms with van der Waals surface area (Å²) >= 11 is 1.67. The van der Waals surface area contributed by atoms with Gasteiger partial charge in [-0.05, 0) is 26.1 Å². The second-order valence-electron chi connectivity index (χ2n) is 4.50. The van der Waals surface area contributed by atoms with Gasteiger partial charge in [-0.25, -0.2) is 9.37 Å². The molecule has 0 radical (unpaired) electrons. The zero-order valence-corrected chi connectivity index (χ0v) is 12.0. The normalized spacial score (nSPS) is 10.9. The topological polar surface area (TPSA) is 28.2 Å². The number of aryl methyl sites for hydroxylation is 1. The first-order valence-corrected chi connectivity index (χ1v) is 7.11. The smallest absolute Gasteiger partial charge is 0.146 e. The third kappa shape index (κ3) is 4.29. The molecular formula is C14H18FN3S. The summed E-state index contributed by atoms with van der Waals surface area (Å²) in [6.07, 6.45) is 0. The lowest BCUT2D eigenvalue weighted by molar-refractivity contribution is 0.336. The molecule has 1 N–H and O–H groups in total. The fourth-order valence-corrected chi connectivity index (χ4v) is 2.43. The van der Waals surface area contributed by atoms with Crippen LogP contribution in [-0.4, -0.2) is 30.0 Å². The highest BCUT2D eigenvalue weighted by molar-refractivity contribution is 7.09. The molecule has 2 rings (SSSR count). The number of rotatable bonds is 6. The molecule has 0 aliphatic carbocycles. The van der Waals surface area contributed by atoms with Gasteiger partial charge >= 0.3 is 0 Å². The van der Waals surface area contributed by atoms with Gasteiger partial charge in [0.1, 0.15) is 5.82 Å². The van der Waals surface area contributed by atoms with E-state index in [0.29, 0.717) is 12.2 Å². The molecule has 1 aromatic heterocycles. The van der Waals surface area contributed by atoms with Crippen LogP contribution >= 0.6 is 11.3 Å². The molecule has 0 fully saturated rings. The van der Waals surface area contributed by atoms with Crippen LogP contribution in [-0.2, 0) is 6.54 Å². The maximum Gasteiger partial charge on any atom is 0.146 e. The van der Waals surface area contributed by atoms with Crippen molar-refractivity contribution >= 4 is 17.0 Å². The molecule has 3 nitrogen and oxygen atoms in total. The van der Waals surface area contributed by atoms with Crippen molar-refractivity contribution in [3.63, 3.8) is 0 Å². The van der Waals surface area contributed by atoms with Crippen LogP contribution in [0, 0.1) is 12.7 Å². The highest BCUT2D eigenvalue weighted by Crippen LogP contribution is 2.12. The van der Waals surface area contributed by atoms with Gasteiger partial charge in [0.2, 0.25) is 0 Å². The van der Waals surface area contributed by atoms with Gasteiger partial charge in [-0.3, -0.25) is 4.90 Å². The Labute approximate surface area is 117 Å². The number of thiazole rings is 1. The number of nitrogens with one attached hydrogen (secondary N) is 1. The fourth-order valence-electron chi connectivity index (χ4n) is 1.82. The number of para-hydroxylation sites is 1. The molecule has 0 saturated carbocycles. The van der Waals surface area contributed by atoms with Gasteiger partial charge in [-0.1, -0.05) is 12.1 Å². The van der Waals surface area contributed by atoms with Crippen molar-refractivity contribution in [2.24, 2.45) is 0 Å². The van der Waals surface area contributed by atoms with Gasteiger partial charge in [0, 0.05) is 25.0 Å². The van der Waals surface area contributed by atoms with Crippen molar-refractivity contribution < 1.29 is 4.39 Å². The van der Waals surface area contributed by atoms with Crippen LogP contribution in [0.1, 0.15) is 10.7 Å². The molecule has 0 spiro atoms. The van der Waals surface area contributed by atoms with Gasteiger partial charge in [-0.15, -0.1) is 11.3 Å². The first kappa shape index (κ1) is 14.0. The standard InChI is InChI=1S/C14H18FN3S/c1-11-17-12(10-19-11)9-18(2)8-7-16-14-6-4-3-5-13(14)15/h3-6,10,16H,7-9H2,1-2H3. The van der Waals surface area contributed by atoms with Crippen LogP contribution < -0.4 is 5.32 Å². The van der Waals surface area contributed by atoms with Gasteiger partial charge in [0.05, 0.1) is 16.4 Å². The molecule has 1 heterocycles. The minimum absolute atomic E-state index is 0.208. The highest BCUT2D eigenvalue weighted by Gasteiger charge is 2.04. The SMILES string of the molecule is Cc1nc(CN(C)CCNc2ccccc2F)cs1. The molecule has 0 aliphatic rings. The molecule has 1 aromatic carbocycles. The van der Waals surface area contributed by atoms with Gasteiger partial charge < -0.3 is 5.32 Å². The summed E-state index contributed by atoms with van der Waals surface area (Å²) < 4.78 is 13.4. The lowest BCUT2D eigenvalue weighted by atomic mass is 10.3. The summed E-state index contributed by atoms with van der Waals surface area (Å²) in [4.78, 5) is 6.60. The van der Waals surface area contributed by atoms with Crippen molar-refractivity contribution in [3.05, 3.63) is 46.2 Å². The number of halogens is 1. The van der Waals surface area contributed by atoms with E-state index in [1.807, 2.05) is 20.0 Å². The second kappa shape index (κ2) is 6.63. The molecule has 19 heavy (non-hydrogen) atoms.